The molecule has 1 aromatic rings. The van der Waals surface area contributed by atoms with Gasteiger partial charge >= 0.3 is 0 Å². The molecule has 0 saturated carbocycles. The number of carbonyl (C=O) groups excluding carboxylic acids is 1. The highest BCUT2D eigenvalue weighted by atomic mass is 32.2. The van der Waals surface area contributed by atoms with Gasteiger partial charge in [-0.2, -0.15) is 11.8 Å². The number of piperidine rings is 1. The van der Waals surface area contributed by atoms with Crippen molar-refractivity contribution in [3.05, 3.63) is 21.4 Å². The fraction of sp³-hybridized carbons (Fsp3) is 0.667. The highest BCUT2D eigenvalue weighted by Crippen LogP contribution is 2.31. The summed E-state index contributed by atoms with van der Waals surface area (Å²) in [4.78, 5) is 14.7. The van der Waals surface area contributed by atoms with Crippen molar-refractivity contribution in [2.24, 2.45) is 5.92 Å². The van der Waals surface area contributed by atoms with E-state index in [1.54, 1.807) is 11.3 Å². The Bertz CT molecular complexity index is 457. The van der Waals surface area contributed by atoms with E-state index >= 15 is 0 Å². The third kappa shape index (κ3) is 3.21. The molecule has 3 nitrogen and oxygen atoms in total. The van der Waals surface area contributed by atoms with Crippen molar-refractivity contribution in [2.75, 3.05) is 18.8 Å². The van der Waals surface area contributed by atoms with Crippen LogP contribution in [0.1, 0.15) is 39.9 Å². The van der Waals surface area contributed by atoms with Crippen LogP contribution >= 0.6 is 23.1 Å². The SMILES string of the molecule is CC(NC(=O)c1cc2c(s1)CCSC2)C1CCCNC1. The van der Waals surface area contributed by atoms with Crippen LogP contribution in [0.25, 0.3) is 0 Å². The van der Waals surface area contributed by atoms with Gasteiger partial charge in [-0.15, -0.1) is 11.3 Å². The van der Waals surface area contributed by atoms with E-state index in [2.05, 4.69) is 23.6 Å². The van der Waals surface area contributed by atoms with Gasteiger partial charge in [0.15, 0.2) is 0 Å². The van der Waals surface area contributed by atoms with Gasteiger partial charge < -0.3 is 10.6 Å². The lowest BCUT2D eigenvalue weighted by Crippen LogP contribution is -2.44. The Morgan fingerprint density at radius 3 is 3.20 bits per heavy atom. The third-order valence-electron chi connectivity index (χ3n) is 4.25. The standard InChI is InChI=1S/C15H22N2OS2/c1-10(11-3-2-5-16-8-11)17-15(18)14-7-12-9-19-6-4-13(12)20-14/h7,10-11,16H,2-6,8-9H2,1H3,(H,17,18). The summed E-state index contributed by atoms with van der Waals surface area (Å²) in [5.74, 6) is 2.95. The minimum atomic E-state index is 0.118. The monoisotopic (exact) mass is 310 g/mol. The first kappa shape index (κ1) is 14.4. The van der Waals surface area contributed by atoms with Gasteiger partial charge in [0.1, 0.15) is 0 Å². The molecule has 1 amide bonds. The summed E-state index contributed by atoms with van der Waals surface area (Å²) in [7, 11) is 0. The Morgan fingerprint density at radius 1 is 1.55 bits per heavy atom. The van der Waals surface area contributed by atoms with Gasteiger partial charge in [-0.1, -0.05) is 0 Å². The molecule has 2 aliphatic heterocycles. The number of thioether (sulfide) groups is 1. The molecule has 0 radical (unpaired) electrons. The molecule has 0 bridgehead atoms. The average Bonchev–Trinajstić information content (AvgIpc) is 2.92. The van der Waals surface area contributed by atoms with Gasteiger partial charge in [0, 0.05) is 16.7 Å². The zero-order chi connectivity index (χ0) is 13.9. The molecule has 5 heteroatoms. The zero-order valence-corrected chi connectivity index (χ0v) is 13.5. The van der Waals surface area contributed by atoms with E-state index in [0.29, 0.717) is 5.92 Å². The molecular weight excluding hydrogens is 288 g/mol. The summed E-state index contributed by atoms with van der Waals surface area (Å²) in [6.45, 7) is 4.28. The molecule has 1 aromatic heterocycles. The summed E-state index contributed by atoms with van der Waals surface area (Å²) in [5, 5.41) is 6.62. The average molecular weight is 310 g/mol. The van der Waals surface area contributed by atoms with E-state index in [1.807, 2.05) is 11.8 Å². The van der Waals surface area contributed by atoms with E-state index in [0.717, 1.165) is 30.1 Å². The van der Waals surface area contributed by atoms with E-state index in [9.17, 15) is 4.79 Å². The van der Waals surface area contributed by atoms with E-state index < -0.39 is 0 Å². The van der Waals surface area contributed by atoms with Crippen LogP contribution in [-0.2, 0) is 12.2 Å². The van der Waals surface area contributed by atoms with Gasteiger partial charge in [0.2, 0.25) is 0 Å². The molecular formula is C15H22N2OS2. The van der Waals surface area contributed by atoms with Crippen LogP contribution in [0, 0.1) is 5.92 Å². The lowest BCUT2D eigenvalue weighted by molar-refractivity contribution is 0.0926. The summed E-state index contributed by atoms with van der Waals surface area (Å²) in [6.07, 6.45) is 3.56. The van der Waals surface area contributed by atoms with Crippen molar-refractivity contribution in [1.29, 1.82) is 0 Å². The van der Waals surface area contributed by atoms with Crippen LogP contribution < -0.4 is 10.6 Å². The van der Waals surface area contributed by atoms with Gasteiger partial charge in [-0.05, 0) is 62.6 Å². The topological polar surface area (TPSA) is 41.1 Å². The number of rotatable bonds is 3. The van der Waals surface area contributed by atoms with Crippen molar-refractivity contribution in [1.82, 2.24) is 10.6 Å². The fourth-order valence-electron chi connectivity index (χ4n) is 2.96. The van der Waals surface area contributed by atoms with E-state index in [-0.39, 0.29) is 11.9 Å². The highest BCUT2D eigenvalue weighted by molar-refractivity contribution is 7.98. The molecule has 0 aromatic carbocycles. The Hall–Kier alpha value is -0.520. The number of nitrogens with one attached hydrogen (secondary N) is 2. The molecule has 20 heavy (non-hydrogen) atoms. The van der Waals surface area contributed by atoms with Crippen LogP contribution in [0.4, 0.5) is 0 Å². The van der Waals surface area contributed by atoms with Crippen molar-refractivity contribution in [3.63, 3.8) is 0 Å². The molecule has 110 valence electrons. The summed E-state index contributed by atoms with van der Waals surface area (Å²) < 4.78 is 0. The van der Waals surface area contributed by atoms with Crippen molar-refractivity contribution < 1.29 is 4.79 Å². The number of amides is 1. The fourth-order valence-corrected chi connectivity index (χ4v) is 5.24. The smallest absolute Gasteiger partial charge is 0.261 e. The normalized spacial score (nSPS) is 23.9. The Morgan fingerprint density at radius 2 is 2.45 bits per heavy atom. The first-order chi connectivity index (χ1) is 9.74. The second-order valence-corrected chi connectivity index (χ2v) is 7.97. The molecule has 2 N–H and O–H groups in total. The first-order valence-electron chi connectivity index (χ1n) is 7.45. The summed E-state index contributed by atoms with van der Waals surface area (Å²) >= 11 is 3.66. The Kier molecular flexibility index (Phi) is 4.68. The molecule has 1 saturated heterocycles. The number of fused-ring (bicyclic) bond motifs is 1. The lowest BCUT2D eigenvalue weighted by atomic mass is 9.93. The molecule has 3 heterocycles. The molecule has 2 aliphatic rings. The van der Waals surface area contributed by atoms with Crippen LogP contribution in [0.3, 0.4) is 0 Å². The molecule has 2 atom stereocenters. The van der Waals surface area contributed by atoms with E-state index in [1.165, 1.54) is 29.0 Å². The summed E-state index contributed by atoms with van der Waals surface area (Å²) in [5.41, 5.74) is 1.38. The lowest BCUT2D eigenvalue weighted by Gasteiger charge is -2.28. The predicted octanol–water partition coefficient (Wildman–Crippen LogP) is 2.66. The Balaban J connectivity index is 1.62. The van der Waals surface area contributed by atoms with Crippen LogP contribution in [0.15, 0.2) is 6.07 Å². The quantitative estimate of drug-likeness (QED) is 0.902. The van der Waals surface area contributed by atoms with Crippen LogP contribution in [-0.4, -0.2) is 30.8 Å². The maximum absolute atomic E-state index is 12.4. The van der Waals surface area contributed by atoms with Crippen LogP contribution in [0.2, 0.25) is 0 Å². The number of carbonyl (C=O) groups is 1. The largest absolute Gasteiger partial charge is 0.349 e. The maximum atomic E-state index is 12.4. The number of aryl methyl sites for hydroxylation is 1. The van der Waals surface area contributed by atoms with E-state index in [4.69, 9.17) is 0 Å². The minimum absolute atomic E-state index is 0.118. The molecule has 0 aliphatic carbocycles. The van der Waals surface area contributed by atoms with Crippen LogP contribution in [0.5, 0.6) is 0 Å². The number of hydrogen-bond donors (Lipinski definition) is 2. The first-order valence-corrected chi connectivity index (χ1v) is 9.42. The van der Waals surface area contributed by atoms with Gasteiger partial charge in [-0.25, -0.2) is 0 Å². The molecule has 2 unspecified atom stereocenters. The highest BCUT2D eigenvalue weighted by Gasteiger charge is 2.23. The number of thiophene rings is 1. The molecule has 0 spiro atoms. The maximum Gasteiger partial charge on any atom is 0.261 e. The molecule has 1 fully saturated rings. The summed E-state index contributed by atoms with van der Waals surface area (Å²) in [6, 6.07) is 2.36. The zero-order valence-electron chi connectivity index (χ0n) is 11.9. The third-order valence-corrected chi connectivity index (χ3v) is 6.50. The number of hydrogen-bond acceptors (Lipinski definition) is 4. The van der Waals surface area contributed by atoms with Gasteiger partial charge in [-0.3, -0.25) is 4.79 Å². The van der Waals surface area contributed by atoms with Gasteiger partial charge in [0.05, 0.1) is 4.88 Å². The van der Waals surface area contributed by atoms with Gasteiger partial charge in [0.25, 0.3) is 5.91 Å². The Labute approximate surface area is 128 Å². The van der Waals surface area contributed by atoms with Crippen molar-refractivity contribution in [2.45, 2.75) is 38.0 Å². The predicted molar refractivity (Wildman–Crippen MR) is 86.7 cm³/mol. The second-order valence-electron chi connectivity index (χ2n) is 5.73. The van der Waals surface area contributed by atoms with Crippen molar-refractivity contribution in [3.8, 4) is 0 Å². The minimum Gasteiger partial charge on any atom is -0.349 e. The van der Waals surface area contributed by atoms with Crippen molar-refractivity contribution >= 4 is 29.0 Å². The second kappa shape index (κ2) is 6.50. The molecule has 3 rings (SSSR count).